The van der Waals surface area contributed by atoms with Gasteiger partial charge in [0.2, 0.25) is 0 Å². The molecule has 0 spiro atoms. The van der Waals surface area contributed by atoms with Crippen LogP contribution in [0.5, 0.6) is 0 Å². The Balaban J connectivity index is 2.22. The van der Waals surface area contributed by atoms with Crippen LogP contribution in [0.2, 0.25) is 0 Å². The highest BCUT2D eigenvalue weighted by molar-refractivity contribution is 9.10. The molecule has 3 N–H and O–H groups in total. The molecule has 1 atom stereocenters. The van der Waals surface area contributed by atoms with Crippen LogP contribution < -0.4 is 11.1 Å². The summed E-state index contributed by atoms with van der Waals surface area (Å²) in [5.74, 6) is -0.297. The summed E-state index contributed by atoms with van der Waals surface area (Å²) in [7, 11) is 1.32. The third kappa shape index (κ3) is 3.10. The number of nitrogens with zero attached hydrogens (tertiary/aromatic N) is 1. The summed E-state index contributed by atoms with van der Waals surface area (Å²) in [6.07, 6.45) is 0. The molecule has 0 saturated heterocycles. The Hall–Kier alpha value is -1.60. The van der Waals surface area contributed by atoms with E-state index in [-0.39, 0.29) is 11.9 Å². The van der Waals surface area contributed by atoms with Gasteiger partial charge in [0.15, 0.2) is 5.82 Å². The van der Waals surface area contributed by atoms with Gasteiger partial charge in [-0.3, -0.25) is 0 Å². The first-order chi connectivity index (χ1) is 9.52. The van der Waals surface area contributed by atoms with Gasteiger partial charge in [0.1, 0.15) is 10.6 Å². The van der Waals surface area contributed by atoms with Crippen LogP contribution in [0.25, 0.3) is 0 Å². The Morgan fingerprint density at radius 2 is 2.10 bits per heavy atom. The molecule has 0 aliphatic carbocycles. The molecule has 0 amide bonds. The first kappa shape index (κ1) is 14.8. The van der Waals surface area contributed by atoms with Crippen LogP contribution in [0.1, 0.15) is 28.9 Å². The van der Waals surface area contributed by atoms with Gasteiger partial charge in [-0.1, -0.05) is 28.1 Å². The molecule has 1 heterocycles. The quantitative estimate of drug-likeness (QED) is 0.821. The normalized spacial score (nSPS) is 11.9. The number of aromatic nitrogens is 1. The molecule has 0 saturated carbocycles. The predicted molar refractivity (Wildman–Crippen MR) is 84.0 cm³/mol. The van der Waals surface area contributed by atoms with E-state index in [9.17, 15) is 4.79 Å². The molecule has 0 fully saturated rings. The standard InChI is InChI=1S/C13H14BrN3O2S/c1-7(8-3-5-9(14)6-4-8)16-12-10(13(18)19-2)11(15)17-20-12/h3-7,16H,1-2H3,(H2,15,17). The lowest BCUT2D eigenvalue weighted by molar-refractivity contribution is 0.0603. The summed E-state index contributed by atoms with van der Waals surface area (Å²) in [5, 5.41) is 3.86. The number of ether oxygens (including phenoxy) is 1. The number of esters is 1. The molecule has 0 aliphatic rings. The lowest BCUT2D eigenvalue weighted by atomic mass is 10.1. The summed E-state index contributed by atoms with van der Waals surface area (Å²) < 4.78 is 9.73. The molecular formula is C13H14BrN3O2S. The van der Waals surface area contributed by atoms with Crippen LogP contribution in [0.15, 0.2) is 28.7 Å². The van der Waals surface area contributed by atoms with Gasteiger partial charge in [-0.2, -0.15) is 4.37 Å². The van der Waals surface area contributed by atoms with E-state index in [1.54, 1.807) is 0 Å². The van der Waals surface area contributed by atoms with E-state index in [0.717, 1.165) is 21.6 Å². The van der Waals surface area contributed by atoms with Crippen molar-refractivity contribution < 1.29 is 9.53 Å². The number of nitrogens with one attached hydrogen (secondary N) is 1. The zero-order chi connectivity index (χ0) is 14.7. The Morgan fingerprint density at radius 1 is 1.45 bits per heavy atom. The van der Waals surface area contributed by atoms with Gasteiger partial charge >= 0.3 is 5.97 Å². The van der Waals surface area contributed by atoms with E-state index in [0.29, 0.717) is 10.6 Å². The molecule has 1 unspecified atom stereocenters. The fourth-order valence-electron chi connectivity index (χ4n) is 1.73. The van der Waals surface area contributed by atoms with E-state index in [1.807, 2.05) is 31.2 Å². The minimum Gasteiger partial charge on any atom is -0.465 e. The number of carbonyl (C=O) groups excluding carboxylic acids is 1. The second kappa shape index (κ2) is 6.23. The maximum atomic E-state index is 11.7. The van der Waals surface area contributed by atoms with Crippen LogP contribution in [0, 0.1) is 0 Å². The Morgan fingerprint density at radius 3 is 2.70 bits per heavy atom. The number of hydrogen-bond acceptors (Lipinski definition) is 6. The van der Waals surface area contributed by atoms with E-state index < -0.39 is 5.97 Å². The minimum absolute atomic E-state index is 0.0198. The van der Waals surface area contributed by atoms with Gasteiger partial charge in [-0.15, -0.1) is 0 Å². The van der Waals surface area contributed by atoms with Gasteiger partial charge in [0.05, 0.1) is 7.11 Å². The lowest BCUT2D eigenvalue weighted by Crippen LogP contribution is -2.11. The van der Waals surface area contributed by atoms with Crippen molar-refractivity contribution in [2.24, 2.45) is 0 Å². The minimum atomic E-state index is -0.484. The summed E-state index contributed by atoms with van der Waals surface area (Å²) >= 11 is 4.55. The van der Waals surface area contributed by atoms with Gasteiger partial charge in [0.25, 0.3) is 0 Å². The van der Waals surface area contributed by atoms with E-state index >= 15 is 0 Å². The maximum Gasteiger partial charge on any atom is 0.344 e. The van der Waals surface area contributed by atoms with Crippen molar-refractivity contribution in [3.63, 3.8) is 0 Å². The average Bonchev–Trinajstić information content (AvgIpc) is 2.79. The Labute approximate surface area is 129 Å². The fourth-order valence-corrected chi connectivity index (χ4v) is 2.79. The van der Waals surface area contributed by atoms with Crippen molar-refractivity contribution in [1.29, 1.82) is 0 Å². The average molecular weight is 356 g/mol. The van der Waals surface area contributed by atoms with Crippen molar-refractivity contribution in [2.45, 2.75) is 13.0 Å². The molecule has 2 aromatic rings. The van der Waals surface area contributed by atoms with Crippen molar-refractivity contribution in [3.8, 4) is 0 Å². The third-order valence-corrected chi connectivity index (χ3v) is 4.15. The van der Waals surface area contributed by atoms with Gasteiger partial charge in [-0.25, -0.2) is 4.79 Å². The molecule has 0 aliphatic heterocycles. The fraction of sp³-hybridized carbons (Fsp3) is 0.231. The molecular weight excluding hydrogens is 342 g/mol. The summed E-state index contributed by atoms with van der Waals surface area (Å²) in [5.41, 5.74) is 7.09. The highest BCUT2D eigenvalue weighted by Crippen LogP contribution is 2.31. The topological polar surface area (TPSA) is 77.2 Å². The molecule has 0 radical (unpaired) electrons. The van der Waals surface area contributed by atoms with Gasteiger partial charge < -0.3 is 15.8 Å². The summed E-state index contributed by atoms with van der Waals surface area (Å²) in [6.45, 7) is 2.00. The predicted octanol–water partition coefficient (Wildman–Crippen LogP) is 3.45. The van der Waals surface area contributed by atoms with Crippen LogP contribution in [-0.2, 0) is 4.74 Å². The van der Waals surface area contributed by atoms with Gasteiger partial charge in [0, 0.05) is 10.5 Å². The Kier molecular flexibility index (Phi) is 4.61. The molecule has 106 valence electrons. The number of benzene rings is 1. The van der Waals surface area contributed by atoms with Crippen LogP contribution in [0.3, 0.4) is 0 Å². The molecule has 2 rings (SSSR count). The van der Waals surface area contributed by atoms with Crippen molar-refractivity contribution in [3.05, 3.63) is 39.9 Å². The highest BCUT2D eigenvalue weighted by Gasteiger charge is 2.21. The number of nitrogen functional groups attached to an aromatic ring is 1. The van der Waals surface area contributed by atoms with Crippen LogP contribution in [-0.4, -0.2) is 17.5 Å². The smallest absolute Gasteiger partial charge is 0.344 e. The van der Waals surface area contributed by atoms with Crippen molar-refractivity contribution >= 4 is 44.3 Å². The molecule has 1 aromatic carbocycles. The molecule has 0 bridgehead atoms. The van der Waals surface area contributed by atoms with Crippen LogP contribution in [0.4, 0.5) is 10.8 Å². The largest absolute Gasteiger partial charge is 0.465 e. The summed E-state index contributed by atoms with van der Waals surface area (Å²) in [4.78, 5) is 11.7. The molecule has 5 nitrogen and oxygen atoms in total. The number of anilines is 2. The number of carbonyl (C=O) groups is 1. The number of methoxy groups -OCH3 is 1. The second-order valence-electron chi connectivity index (χ2n) is 4.18. The Bertz CT molecular complexity index is 613. The third-order valence-electron chi connectivity index (χ3n) is 2.83. The zero-order valence-corrected chi connectivity index (χ0v) is 13.4. The first-order valence-electron chi connectivity index (χ1n) is 5.88. The van der Waals surface area contributed by atoms with E-state index in [4.69, 9.17) is 10.5 Å². The first-order valence-corrected chi connectivity index (χ1v) is 7.45. The zero-order valence-electron chi connectivity index (χ0n) is 11.0. The molecule has 1 aromatic heterocycles. The number of hydrogen-bond donors (Lipinski definition) is 2. The lowest BCUT2D eigenvalue weighted by Gasteiger charge is -2.15. The number of rotatable bonds is 4. The van der Waals surface area contributed by atoms with Crippen LogP contribution >= 0.6 is 27.5 Å². The monoisotopic (exact) mass is 355 g/mol. The number of nitrogens with two attached hydrogens (primary N) is 1. The van der Waals surface area contributed by atoms with E-state index in [2.05, 4.69) is 25.6 Å². The van der Waals surface area contributed by atoms with E-state index in [1.165, 1.54) is 7.11 Å². The summed E-state index contributed by atoms with van der Waals surface area (Å²) in [6, 6.07) is 7.96. The highest BCUT2D eigenvalue weighted by atomic mass is 79.9. The second-order valence-corrected chi connectivity index (χ2v) is 5.87. The van der Waals surface area contributed by atoms with Crippen molar-refractivity contribution in [1.82, 2.24) is 4.37 Å². The maximum absolute atomic E-state index is 11.7. The van der Waals surface area contributed by atoms with Gasteiger partial charge in [-0.05, 0) is 36.2 Å². The number of halogens is 1. The SMILES string of the molecule is COC(=O)c1c(N)nsc1NC(C)c1ccc(Br)cc1. The van der Waals surface area contributed by atoms with Crippen molar-refractivity contribution in [2.75, 3.05) is 18.2 Å². The molecule has 20 heavy (non-hydrogen) atoms. The molecule has 7 heteroatoms.